The number of carbonyl (C=O) groups excluding carboxylic acids is 1. The summed E-state index contributed by atoms with van der Waals surface area (Å²) in [5.41, 5.74) is 4.41. The maximum Gasteiger partial charge on any atom is 0.257 e. The Bertz CT molecular complexity index is 1010. The van der Waals surface area contributed by atoms with Gasteiger partial charge in [-0.05, 0) is 48.9 Å². The Hall–Kier alpha value is -2.41. The van der Waals surface area contributed by atoms with Crippen LogP contribution in [0, 0.1) is 5.92 Å². The quantitative estimate of drug-likeness (QED) is 0.689. The van der Waals surface area contributed by atoms with E-state index in [-0.39, 0.29) is 5.91 Å². The predicted molar refractivity (Wildman–Crippen MR) is 106 cm³/mol. The maximum absolute atomic E-state index is 12.7. The number of carbonyl (C=O) groups is 1. The highest BCUT2D eigenvalue weighted by Crippen LogP contribution is 2.26. The van der Waals surface area contributed by atoms with Crippen LogP contribution in [0.25, 0.3) is 5.65 Å². The van der Waals surface area contributed by atoms with Crippen molar-refractivity contribution in [1.82, 2.24) is 19.9 Å². The number of nitrogens with zero attached hydrogens (tertiary/aromatic N) is 3. The number of halogens is 1. The first-order valence-corrected chi connectivity index (χ1v) is 9.81. The molecule has 0 saturated carbocycles. The number of fused-ring (bicyclic) bond motifs is 3. The van der Waals surface area contributed by atoms with Gasteiger partial charge in [-0.2, -0.15) is 5.10 Å². The van der Waals surface area contributed by atoms with E-state index in [9.17, 15) is 4.79 Å². The van der Waals surface area contributed by atoms with Gasteiger partial charge < -0.3 is 10.1 Å². The Morgan fingerprint density at radius 1 is 1.41 bits per heavy atom. The summed E-state index contributed by atoms with van der Waals surface area (Å²) >= 11 is 3.45. The van der Waals surface area contributed by atoms with E-state index in [4.69, 9.17) is 4.74 Å². The molecule has 1 aliphatic carbocycles. The number of aromatic nitrogens is 3. The van der Waals surface area contributed by atoms with Gasteiger partial charge in [-0.25, -0.2) is 9.50 Å². The number of ether oxygens (including phenoxy) is 1. The average Bonchev–Trinajstić information content (AvgIpc) is 3.10. The Morgan fingerprint density at radius 3 is 3.07 bits per heavy atom. The molecule has 27 heavy (non-hydrogen) atoms. The Morgan fingerprint density at radius 2 is 2.26 bits per heavy atom. The van der Waals surface area contributed by atoms with Crippen LogP contribution in [0.1, 0.15) is 40.5 Å². The van der Waals surface area contributed by atoms with Gasteiger partial charge in [-0.3, -0.25) is 4.79 Å². The van der Waals surface area contributed by atoms with Crippen molar-refractivity contribution in [2.75, 3.05) is 7.11 Å². The molecule has 0 unspecified atom stereocenters. The SMILES string of the molecule is COc1ccc(Br)cc1CNC(=O)c1cnn2c3c(cnc12)C[C@H](C)CC3. The average molecular weight is 429 g/mol. The minimum atomic E-state index is -0.191. The standard InChI is InChI=1S/C20H21BrN4O2/c1-12-3-5-17-13(7-12)9-22-19-16(11-24-25(17)19)20(26)23-10-14-8-15(21)4-6-18(14)27-2/h4,6,8-9,11-12H,3,5,7,10H2,1-2H3,(H,23,26)/t12-/m1/s1. The van der Waals surface area contributed by atoms with E-state index in [1.165, 1.54) is 11.3 Å². The predicted octanol–water partition coefficient (Wildman–Crippen LogP) is 3.56. The van der Waals surface area contributed by atoms with E-state index < -0.39 is 0 Å². The fourth-order valence-electron chi connectivity index (χ4n) is 3.63. The summed E-state index contributed by atoms with van der Waals surface area (Å²) in [6, 6.07) is 5.71. The molecule has 140 valence electrons. The minimum absolute atomic E-state index is 0.191. The van der Waals surface area contributed by atoms with Crippen LogP contribution >= 0.6 is 15.9 Å². The molecular formula is C20H21BrN4O2. The number of benzene rings is 1. The molecule has 0 fully saturated rings. The van der Waals surface area contributed by atoms with Crippen molar-refractivity contribution >= 4 is 27.5 Å². The summed E-state index contributed by atoms with van der Waals surface area (Å²) in [6.07, 6.45) is 6.62. The van der Waals surface area contributed by atoms with Gasteiger partial charge in [-0.15, -0.1) is 0 Å². The lowest BCUT2D eigenvalue weighted by Gasteiger charge is -2.21. The maximum atomic E-state index is 12.7. The first kappa shape index (κ1) is 18.0. The molecule has 7 heteroatoms. The molecule has 6 nitrogen and oxygen atoms in total. The van der Waals surface area contributed by atoms with Crippen LogP contribution in [0.4, 0.5) is 0 Å². The van der Waals surface area contributed by atoms with Crippen molar-refractivity contribution in [2.24, 2.45) is 5.92 Å². The first-order chi connectivity index (χ1) is 13.1. The van der Waals surface area contributed by atoms with Gasteiger partial charge in [0.1, 0.15) is 11.3 Å². The summed E-state index contributed by atoms with van der Waals surface area (Å²) in [4.78, 5) is 17.3. The number of rotatable bonds is 4. The summed E-state index contributed by atoms with van der Waals surface area (Å²) in [5.74, 6) is 1.21. The second-order valence-corrected chi connectivity index (χ2v) is 7.93. The second-order valence-electron chi connectivity index (χ2n) is 7.01. The normalized spacial score (nSPS) is 16.2. The van der Waals surface area contributed by atoms with Gasteiger partial charge in [0.05, 0.1) is 13.3 Å². The van der Waals surface area contributed by atoms with Gasteiger partial charge in [-0.1, -0.05) is 22.9 Å². The topological polar surface area (TPSA) is 68.5 Å². The molecule has 1 amide bonds. The third-order valence-corrected chi connectivity index (χ3v) is 5.57. The van der Waals surface area contributed by atoms with Crippen molar-refractivity contribution in [1.29, 1.82) is 0 Å². The summed E-state index contributed by atoms with van der Waals surface area (Å²) in [7, 11) is 1.62. The van der Waals surface area contributed by atoms with Crippen LogP contribution in [0.2, 0.25) is 0 Å². The van der Waals surface area contributed by atoms with Crippen LogP contribution in [0.15, 0.2) is 35.1 Å². The van der Waals surface area contributed by atoms with Gasteiger partial charge in [0, 0.05) is 28.5 Å². The zero-order chi connectivity index (χ0) is 19.0. The summed E-state index contributed by atoms with van der Waals surface area (Å²) < 4.78 is 8.13. The fraction of sp³-hybridized carbons (Fsp3) is 0.350. The molecule has 1 N–H and O–H groups in total. The zero-order valence-electron chi connectivity index (χ0n) is 15.3. The second kappa shape index (κ2) is 7.31. The molecule has 0 aliphatic heterocycles. The lowest BCUT2D eigenvalue weighted by molar-refractivity contribution is 0.0952. The third-order valence-electron chi connectivity index (χ3n) is 5.08. The molecule has 0 saturated heterocycles. The molecule has 0 bridgehead atoms. The molecule has 2 aromatic heterocycles. The van der Waals surface area contributed by atoms with Gasteiger partial charge >= 0.3 is 0 Å². The number of methoxy groups -OCH3 is 1. The highest BCUT2D eigenvalue weighted by atomic mass is 79.9. The van der Waals surface area contributed by atoms with E-state index in [1.807, 2.05) is 28.9 Å². The molecule has 4 rings (SSSR count). The molecule has 0 radical (unpaired) electrons. The minimum Gasteiger partial charge on any atom is -0.496 e. The summed E-state index contributed by atoms with van der Waals surface area (Å²) in [6.45, 7) is 2.62. The smallest absolute Gasteiger partial charge is 0.257 e. The van der Waals surface area contributed by atoms with E-state index in [2.05, 4.69) is 38.3 Å². The molecule has 1 atom stereocenters. The van der Waals surface area contributed by atoms with Crippen LogP contribution in [0.3, 0.4) is 0 Å². The number of hydrogen-bond donors (Lipinski definition) is 1. The van der Waals surface area contributed by atoms with Crippen molar-refractivity contribution < 1.29 is 9.53 Å². The van der Waals surface area contributed by atoms with E-state index >= 15 is 0 Å². The number of amides is 1. The van der Waals surface area contributed by atoms with Crippen molar-refractivity contribution in [3.05, 3.63) is 57.4 Å². The molecule has 2 heterocycles. The highest BCUT2D eigenvalue weighted by molar-refractivity contribution is 9.10. The van der Waals surface area contributed by atoms with Crippen molar-refractivity contribution in [3.8, 4) is 5.75 Å². The third kappa shape index (κ3) is 3.43. The Kier molecular flexibility index (Phi) is 4.86. The van der Waals surface area contributed by atoms with E-state index in [0.29, 0.717) is 23.7 Å². The Labute approximate surface area is 166 Å². The van der Waals surface area contributed by atoms with Gasteiger partial charge in [0.2, 0.25) is 0 Å². The lowest BCUT2D eigenvalue weighted by atomic mass is 9.89. The first-order valence-electron chi connectivity index (χ1n) is 9.02. The van der Waals surface area contributed by atoms with Crippen LogP contribution < -0.4 is 10.1 Å². The van der Waals surface area contributed by atoms with Gasteiger partial charge in [0.15, 0.2) is 5.65 Å². The molecule has 1 aliphatic rings. The zero-order valence-corrected chi connectivity index (χ0v) is 16.9. The number of aryl methyl sites for hydroxylation is 1. The highest BCUT2D eigenvalue weighted by Gasteiger charge is 2.22. The number of hydrogen-bond acceptors (Lipinski definition) is 4. The van der Waals surface area contributed by atoms with Crippen LogP contribution in [-0.4, -0.2) is 27.6 Å². The molecule has 1 aromatic carbocycles. The van der Waals surface area contributed by atoms with Crippen molar-refractivity contribution in [2.45, 2.75) is 32.7 Å². The Balaban J connectivity index is 1.58. The summed E-state index contributed by atoms with van der Waals surface area (Å²) in [5, 5.41) is 7.39. The van der Waals surface area contributed by atoms with Gasteiger partial charge in [0.25, 0.3) is 5.91 Å². The monoisotopic (exact) mass is 428 g/mol. The number of nitrogens with one attached hydrogen (secondary N) is 1. The van der Waals surface area contributed by atoms with Crippen LogP contribution in [0.5, 0.6) is 5.75 Å². The van der Waals surface area contributed by atoms with Crippen LogP contribution in [-0.2, 0) is 19.4 Å². The lowest BCUT2D eigenvalue weighted by Crippen LogP contribution is -2.23. The fourth-order valence-corrected chi connectivity index (χ4v) is 4.04. The molecule has 3 aromatic rings. The van der Waals surface area contributed by atoms with Crippen molar-refractivity contribution in [3.63, 3.8) is 0 Å². The largest absolute Gasteiger partial charge is 0.496 e. The van der Waals surface area contributed by atoms with E-state index in [0.717, 1.165) is 35.0 Å². The molecular weight excluding hydrogens is 408 g/mol. The molecule has 0 spiro atoms. The van der Waals surface area contributed by atoms with E-state index in [1.54, 1.807) is 13.3 Å².